The molecule has 0 fully saturated rings. The Morgan fingerprint density at radius 3 is 1.95 bits per heavy atom. The van der Waals surface area contributed by atoms with Crippen LogP contribution in [0.1, 0.15) is 13.3 Å². The Morgan fingerprint density at radius 1 is 1.16 bits per heavy atom. The summed E-state index contributed by atoms with van der Waals surface area (Å²) in [5, 5.41) is 0. The number of ether oxygens (including phenoxy) is 2. The van der Waals surface area contributed by atoms with Crippen LogP contribution in [0.5, 0.6) is 0 Å². The number of halogens is 6. The van der Waals surface area contributed by atoms with Crippen LogP contribution in [0.4, 0.5) is 26.3 Å². The van der Waals surface area contributed by atoms with Crippen molar-refractivity contribution in [2.24, 2.45) is 0 Å². The van der Waals surface area contributed by atoms with Crippen LogP contribution in [0.25, 0.3) is 0 Å². The van der Waals surface area contributed by atoms with Crippen LogP contribution in [0.3, 0.4) is 0 Å². The largest absolute Gasteiger partial charge is 0.466 e. The average molecular weight is 294 g/mol. The predicted molar refractivity (Wildman–Crippen MR) is 52.2 cm³/mol. The molecule has 0 aliphatic carbocycles. The summed E-state index contributed by atoms with van der Waals surface area (Å²) in [6.45, 7) is 0.496. The smallest absolute Gasteiger partial charge is 0.423 e. The topological polar surface area (TPSA) is 35.5 Å². The molecule has 0 aliphatic heterocycles. The number of carbonyl (C=O) groups is 1. The fourth-order valence-electron chi connectivity index (χ4n) is 1.12. The summed E-state index contributed by atoms with van der Waals surface area (Å²) in [5.41, 5.74) is -0.0643. The maximum atomic E-state index is 12.1. The van der Waals surface area contributed by atoms with Gasteiger partial charge in [-0.25, -0.2) is 4.79 Å². The van der Waals surface area contributed by atoms with Crippen LogP contribution in [0.15, 0.2) is 11.6 Å². The molecule has 0 bridgehead atoms. The summed E-state index contributed by atoms with van der Waals surface area (Å²) < 4.78 is 80.6. The third-order valence-corrected chi connectivity index (χ3v) is 2.02. The Hall–Kier alpha value is -1.25. The van der Waals surface area contributed by atoms with Gasteiger partial charge in [-0.05, 0) is 12.5 Å². The van der Waals surface area contributed by atoms with Crippen molar-refractivity contribution in [3.8, 4) is 0 Å². The average Bonchev–Trinajstić information content (AvgIpc) is 2.24. The first kappa shape index (κ1) is 17.8. The lowest BCUT2D eigenvalue weighted by atomic mass is 10.2. The van der Waals surface area contributed by atoms with E-state index in [4.69, 9.17) is 0 Å². The number of hydrogen-bond acceptors (Lipinski definition) is 3. The van der Waals surface area contributed by atoms with Crippen LogP contribution in [0, 0.1) is 0 Å². The Morgan fingerprint density at radius 2 is 1.63 bits per heavy atom. The van der Waals surface area contributed by atoms with Gasteiger partial charge in [0.05, 0.1) is 13.7 Å². The zero-order valence-electron chi connectivity index (χ0n) is 10.1. The van der Waals surface area contributed by atoms with Gasteiger partial charge >= 0.3 is 18.3 Å². The molecule has 0 rings (SSSR count). The predicted octanol–water partition coefficient (Wildman–Crippen LogP) is 3.01. The van der Waals surface area contributed by atoms with E-state index in [2.05, 4.69) is 9.47 Å². The minimum Gasteiger partial charge on any atom is -0.466 e. The molecule has 0 spiro atoms. The quantitative estimate of drug-likeness (QED) is 0.444. The molecule has 0 N–H and O–H groups in total. The van der Waals surface area contributed by atoms with E-state index in [1.165, 1.54) is 6.92 Å². The van der Waals surface area contributed by atoms with Gasteiger partial charge in [-0.1, -0.05) is 6.92 Å². The van der Waals surface area contributed by atoms with Crippen molar-refractivity contribution in [3.05, 3.63) is 11.6 Å². The number of rotatable bonds is 5. The van der Waals surface area contributed by atoms with E-state index < -0.39 is 31.0 Å². The molecule has 0 amide bonds. The lowest BCUT2D eigenvalue weighted by Crippen LogP contribution is -2.44. The molecule has 19 heavy (non-hydrogen) atoms. The van der Waals surface area contributed by atoms with Crippen LogP contribution >= 0.6 is 0 Å². The van der Waals surface area contributed by atoms with Gasteiger partial charge in [-0.3, -0.25) is 0 Å². The fraction of sp³-hybridized carbons (Fsp3) is 0.700. The van der Waals surface area contributed by atoms with Gasteiger partial charge in [0.25, 0.3) is 0 Å². The third kappa shape index (κ3) is 5.95. The molecular weight excluding hydrogens is 282 g/mol. The second-order valence-corrected chi connectivity index (χ2v) is 3.37. The molecule has 0 radical (unpaired) electrons. The van der Waals surface area contributed by atoms with Crippen LogP contribution in [0.2, 0.25) is 0 Å². The summed E-state index contributed by atoms with van der Waals surface area (Å²) in [4.78, 5) is 11.0. The molecule has 9 heteroatoms. The Balaban J connectivity index is 4.75. The minimum absolute atomic E-state index is 0.0643. The van der Waals surface area contributed by atoms with E-state index in [0.717, 1.165) is 13.2 Å². The monoisotopic (exact) mass is 294 g/mol. The number of alkyl halides is 6. The highest BCUT2D eigenvalue weighted by atomic mass is 19.4. The lowest BCUT2D eigenvalue weighted by molar-refractivity contribution is -0.319. The van der Waals surface area contributed by atoms with Crippen molar-refractivity contribution in [3.63, 3.8) is 0 Å². The first-order valence-electron chi connectivity index (χ1n) is 5.06. The zero-order valence-corrected chi connectivity index (χ0v) is 10.1. The molecule has 0 heterocycles. The van der Waals surface area contributed by atoms with E-state index in [1.807, 2.05) is 0 Å². The molecule has 0 atom stereocenters. The van der Waals surface area contributed by atoms with Gasteiger partial charge in [-0.15, -0.1) is 0 Å². The summed E-state index contributed by atoms with van der Waals surface area (Å²) >= 11 is 0. The van der Waals surface area contributed by atoms with E-state index in [1.54, 1.807) is 0 Å². The maximum absolute atomic E-state index is 12.1. The molecule has 112 valence electrons. The Kier molecular flexibility index (Phi) is 6.34. The van der Waals surface area contributed by atoms with Crippen LogP contribution < -0.4 is 0 Å². The third-order valence-electron chi connectivity index (χ3n) is 2.02. The van der Waals surface area contributed by atoms with Crippen LogP contribution in [-0.2, 0) is 14.3 Å². The molecular formula is C10H12F6O3. The van der Waals surface area contributed by atoms with E-state index in [0.29, 0.717) is 0 Å². The highest BCUT2D eigenvalue weighted by Gasteiger charge is 2.57. The van der Waals surface area contributed by atoms with Gasteiger partial charge in [0, 0.05) is 5.57 Å². The number of carbonyl (C=O) groups excluding carboxylic acids is 1. The molecule has 0 aliphatic rings. The number of hydrogen-bond donors (Lipinski definition) is 0. The summed E-state index contributed by atoms with van der Waals surface area (Å²) in [6, 6.07) is 0. The molecule has 0 aromatic heterocycles. The van der Waals surface area contributed by atoms with Crippen molar-refractivity contribution < 1.29 is 40.6 Å². The molecule has 0 aromatic carbocycles. The fourth-order valence-corrected chi connectivity index (χ4v) is 1.12. The Bertz CT molecular complexity index is 317. The lowest BCUT2D eigenvalue weighted by Gasteiger charge is -2.22. The maximum Gasteiger partial charge on any atom is 0.423 e. The normalized spacial score (nSPS) is 13.8. The zero-order chi connectivity index (χ0) is 15.3. The van der Waals surface area contributed by atoms with Gasteiger partial charge in [-0.2, -0.15) is 26.3 Å². The van der Waals surface area contributed by atoms with E-state index in [9.17, 15) is 31.1 Å². The molecule has 0 unspecified atom stereocenters. The van der Waals surface area contributed by atoms with E-state index in [-0.39, 0.29) is 12.0 Å². The highest BCUT2D eigenvalue weighted by Crippen LogP contribution is 2.35. The molecule has 0 aromatic rings. The van der Waals surface area contributed by atoms with Crippen molar-refractivity contribution in [1.82, 2.24) is 0 Å². The van der Waals surface area contributed by atoms with Gasteiger partial charge in [0.2, 0.25) is 6.10 Å². The molecule has 0 saturated heterocycles. The van der Waals surface area contributed by atoms with Crippen molar-refractivity contribution in [2.45, 2.75) is 31.8 Å². The summed E-state index contributed by atoms with van der Waals surface area (Å²) in [6.07, 6.45) is -14.1. The van der Waals surface area contributed by atoms with Gasteiger partial charge < -0.3 is 9.47 Å². The van der Waals surface area contributed by atoms with Crippen molar-refractivity contribution in [2.75, 3.05) is 13.7 Å². The SMILES string of the molecule is CCC(=CCOC(C(F)(F)F)C(F)(F)F)C(=O)OC. The number of esters is 1. The highest BCUT2D eigenvalue weighted by molar-refractivity contribution is 5.88. The van der Waals surface area contributed by atoms with Crippen LogP contribution in [-0.4, -0.2) is 38.1 Å². The second-order valence-electron chi connectivity index (χ2n) is 3.37. The first-order chi connectivity index (χ1) is 8.54. The standard InChI is InChI=1S/C10H12F6O3/c1-3-6(7(17)18-2)4-5-19-8(9(11,12)13)10(14,15)16/h4,8H,3,5H2,1-2H3. The first-order valence-corrected chi connectivity index (χ1v) is 5.06. The second kappa shape index (κ2) is 6.78. The van der Waals surface area contributed by atoms with Crippen molar-refractivity contribution >= 4 is 5.97 Å². The van der Waals surface area contributed by atoms with Gasteiger partial charge in [0.15, 0.2) is 0 Å². The minimum atomic E-state index is -5.57. The summed E-state index contributed by atoms with van der Waals surface area (Å²) in [5.74, 6) is -0.832. The molecule has 0 saturated carbocycles. The summed E-state index contributed by atoms with van der Waals surface area (Å²) in [7, 11) is 1.04. The molecule has 3 nitrogen and oxygen atoms in total. The van der Waals surface area contributed by atoms with Crippen molar-refractivity contribution in [1.29, 1.82) is 0 Å². The van der Waals surface area contributed by atoms with E-state index >= 15 is 0 Å². The number of methoxy groups -OCH3 is 1. The Labute approximate surface area is 105 Å². The van der Waals surface area contributed by atoms with Gasteiger partial charge in [0.1, 0.15) is 0 Å².